The molecule has 1 aliphatic heterocycles. The number of methoxy groups -OCH3 is 1. The molecule has 28 heavy (non-hydrogen) atoms. The molecular weight excluding hydrogens is 352 g/mol. The van der Waals surface area contributed by atoms with Crippen LogP contribution in [-0.2, 0) is 16.1 Å². The SMILES string of the molecule is COCCCNC(=O)C1CCCN(c2nc3ccccc3n2CCC(C)C)C1. The van der Waals surface area contributed by atoms with Gasteiger partial charge in [-0.05, 0) is 43.7 Å². The molecule has 1 aromatic heterocycles. The number of fused-ring (bicyclic) bond motifs is 1. The van der Waals surface area contributed by atoms with Crippen molar-refractivity contribution in [2.24, 2.45) is 11.8 Å². The molecule has 6 heteroatoms. The molecule has 1 fully saturated rings. The van der Waals surface area contributed by atoms with Crippen LogP contribution in [0.2, 0.25) is 0 Å². The van der Waals surface area contributed by atoms with Gasteiger partial charge in [0.2, 0.25) is 11.9 Å². The quantitative estimate of drug-likeness (QED) is 0.671. The van der Waals surface area contributed by atoms with Gasteiger partial charge in [-0.25, -0.2) is 4.98 Å². The fourth-order valence-electron chi connectivity index (χ4n) is 3.86. The van der Waals surface area contributed by atoms with E-state index in [0.717, 1.165) is 56.8 Å². The molecule has 1 unspecified atom stereocenters. The summed E-state index contributed by atoms with van der Waals surface area (Å²) in [5.41, 5.74) is 2.22. The first kappa shape index (κ1) is 20.6. The van der Waals surface area contributed by atoms with Crippen molar-refractivity contribution < 1.29 is 9.53 Å². The standard InChI is InChI=1S/C22H34N4O2/c1-17(2)11-14-26-20-10-5-4-9-19(20)24-22(26)25-13-6-8-18(16-25)21(27)23-12-7-15-28-3/h4-5,9-10,17-18H,6-8,11-16H2,1-3H3,(H,23,27). The lowest BCUT2D eigenvalue weighted by Crippen LogP contribution is -2.44. The summed E-state index contributed by atoms with van der Waals surface area (Å²) in [6.07, 6.45) is 3.93. The Kier molecular flexibility index (Phi) is 7.31. The number of nitrogens with one attached hydrogen (secondary N) is 1. The minimum atomic E-state index is 0.0228. The highest BCUT2D eigenvalue weighted by atomic mass is 16.5. The van der Waals surface area contributed by atoms with Crippen LogP contribution in [0, 0.1) is 11.8 Å². The zero-order valence-electron chi connectivity index (χ0n) is 17.5. The minimum absolute atomic E-state index is 0.0228. The second kappa shape index (κ2) is 9.92. The molecule has 1 amide bonds. The molecule has 0 aliphatic carbocycles. The first-order valence-electron chi connectivity index (χ1n) is 10.6. The van der Waals surface area contributed by atoms with Gasteiger partial charge in [0.05, 0.1) is 17.0 Å². The Hall–Kier alpha value is -2.08. The highest BCUT2D eigenvalue weighted by molar-refractivity contribution is 5.81. The lowest BCUT2D eigenvalue weighted by Gasteiger charge is -2.33. The number of amides is 1. The van der Waals surface area contributed by atoms with E-state index in [9.17, 15) is 4.79 Å². The summed E-state index contributed by atoms with van der Waals surface area (Å²) in [5.74, 6) is 1.83. The van der Waals surface area contributed by atoms with Gasteiger partial charge in [-0.2, -0.15) is 0 Å². The van der Waals surface area contributed by atoms with Gasteiger partial charge in [-0.3, -0.25) is 4.79 Å². The molecule has 0 bridgehead atoms. The Labute approximate surface area is 168 Å². The van der Waals surface area contributed by atoms with E-state index < -0.39 is 0 Å². The van der Waals surface area contributed by atoms with E-state index in [4.69, 9.17) is 9.72 Å². The summed E-state index contributed by atoms with van der Waals surface area (Å²) in [4.78, 5) is 19.8. The van der Waals surface area contributed by atoms with E-state index in [1.165, 1.54) is 5.52 Å². The first-order valence-corrected chi connectivity index (χ1v) is 10.6. The highest BCUT2D eigenvalue weighted by Crippen LogP contribution is 2.28. The van der Waals surface area contributed by atoms with Gasteiger partial charge < -0.3 is 19.5 Å². The third-order valence-electron chi connectivity index (χ3n) is 5.46. The number of para-hydroxylation sites is 2. The molecule has 1 aliphatic rings. The Morgan fingerprint density at radius 2 is 2.18 bits per heavy atom. The number of aromatic nitrogens is 2. The van der Waals surface area contributed by atoms with E-state index in [0.29, 0.717) is 19.1 Å². The summed E-state index contributed by atoms with van der Waals surface area (Å²) in [5, 5.41) is 3.07. The molecule has 6 nitrogen and oxygen atoms in total. The molecule has 1 saturated heterocycles. The topological polar surface area (TPSA) is 59.4 Å². The molecule has 1 N–H and O–H groups in total. The van der Waals surface area contributed by atoms with Gasteiger partial charge in [0, 0.05) is 39.9 Å². The van der Waals surface area contributed by atoms with Gasteiger partial charge in [-0.15, -0.1) is 0 Å². The van der Waals surface area contributed by atoms with Crippen molar-refractivity contribution >= 4 is 22.9 Å². The minimum Gasteiger partial charge on any atom is -0.385 e. The average Bonchev–Trinajstić information content (AvgIpc) is 3.08. The van der Waals surface area contributed by atoms with Crippen LogP contribution in [0.3, 0.4) is 0 Å². The van der Waals surface area contributed by atoms with Crippen LogP contribution in [0.15, 0.2) is 24.3 Å². The number of hydrogen-bond donors (Lipinski definition) is 1. The number of nitrogens with zero attached hydrogens (tertiary/aromatic N) is 3. The van der Waals surface area contributed by atoms with E-state index >= 15 is 0 Å². The summed E-state index contributed by atoms with van der Waals surface area (Å²) in [6, 6.07) is 8.34. The fourth-order valence-corrected chi connectivity index (χ4v) is 3.86. The fraction of sp³-hybridized carbons (Fsp3) is 0.636. The number of anilines is 1. The molecular formula is C22H34N4O2. The van der Waals surface area contributed by atoms with E-state index in [1.807, 2.05) is 6.07 Å². The average molecular weight is 387 g/mol. The second-order valence-corrected chi connectivity index (χ2v) is 8.16. The van der Waals surface area contributed by atoms with E-state index in [-0.39, 0.29) is 11.8 Å². The van der Waals surface area contributed by atoms with Crippen molar-refractivity contribution in [1.29, 1.82) is 0 Å². The van der Waals surface area contributed by atoms with Crippen LogP contribution in [0.1, 0.15) is 39.5 Å². The highest BCUT2D eigenvalue weighted by Gasteiger charge is 2.28. The maximum atomic E-state index is 12.6. The van der Waals surface area contributed by atoms with Crippen molar-refractivity contribution in [3.8, 4) is 0 Å². The Bertz CT molecular complexity index is 771. The maximum absolute atomic E-state index is 12.6. The number of ether oxygens (including phenoxy) is 1. The normalized spacial score (nSPS) is 17.4. The van der Waals surface area contributed by atoms with Crippen LogP contribution in [0.4, 0.5) is 5.95 Å². The molecule has 0 saturated carbocycles. The summed E-state index contributed by atoms with van der Waals surface area (Å²) >= 11 is 0. The number of aryl methyl sites for hydroxylation is 1. The van der Waals surface area contributed by atoms with Crippen molar-refractivity contribution in [3.05, 3.63) is 24.3 Å². The molecule has 1 aromatic carbocycles. The Morgan fingerprint density at radius 1 is 1.36 bits per heavy atom. The van der Waals surface area contributed by atoms with E-state index in [2.05, 4.69) is 46.8 Å². The smallest absolute Gasteiger partial charge is 0.224 e. The monoisotopic (exact) mass is 386 g/mol. The Morgan fingerprint density at radius 3 is 2.96 bits per heavy atom. The van der Waals surface area contributed by atoms with Crippen molar-refractivity contribution in [2.45, 2.75) is 46.1 Å². The van der Waals surface area contributed by atoms with Gasteiger partial charge in [0.1, 0.15) is 0 Å². The van der Waals surface area contributed by atoms with Crippen molar-refractivity contribution in [1.82, 2.24) is 14.9 Å². The number of hydrogen-bond acceptors (Lipinski definition) is 4. The third kappa shape index (κ3) is 5.04. The Balaban J connectivity index is 1.74. The number of rotatable bonds is 9. The zero-order valence-corrected chi connectivity index (χ0v) is 17.5. The molecule has 2 aromatic rings. The predicted octanol–water partition coefficient (Wildman–Crippen LogP) is 3.45. The molecule has 0 spiro atoms. The van der Waals surface area contributed by atoms with Crippen LogP contribution >= 0.6 is 0 Å². The molecule has 1 atom stereocenters. The van der Waals surface area contributed by atoms with Crippen LogP contribution in [-0.4, -0.2) is 48.8 Å². The van der Waals surface area contributed by atoms with E-state index in [1.54, 1.807) is 7.11 Å². The summed E-state index contributed by atoms with van der Waals surface area (Å²) in [6.45, 7) is 8.51. The van der Waals surface area contributed by atoms with Crippen LogP contribution in [0.25, 0.3) is 11.0 Å². The zero-order chi connectivity index (χ0) is 19.9. The first-order chi connectivity index (χ1) is 13.6. The van der Waals surface area contributed by atoms with Gasteiger partial charge in [0.15, 0.2) is 0 Å². The van der Waals surface area contributed by atoms with Gasteiger partial charge >= 0.3 is 0 Å². The van der Waals surface area contributed by atoms with Gasteiger partial charge in [0.25, 0.3) is 0 Å². The number of benzene rings is 1. The van der Waals surface area contributed by atoms with Crippen LogP contribution < -0.4 is 10.2 Å². The van der Waals surface area contributed by atoms with Crippen molar-refractivity contribution in [2.75, 3.05) is 38.3 Å². The van der Waals surface area contributed by atoms with Crippen molar-refractivity contribution in [3.63, 3.8) is 0 Å². The van der Waals surface area contributed by atoms with Gasteiger partial charge in [-0.1, -0.05) is 26.0 Å². The largest absolute Gasteiger partial charge is 0.385 e. The summed E-state index contributed by atoms with van der Waals surface area (Å²) < 4.78 is 7.40. The molecule has 0 radical (unpaired) electrons. The molecule has 154 valence electrons. The predicted molar refractivity (Wildman–Crippen MR) is 114 cm³/mol. The van der Waals surface area contributed by atoms with Crippen LogP contribution in [0.5, 0.6) is 0 Å². The number of carbonyl (C=O) groups is 1. The lowest BCUT2D eigenvalue weighted by atomic mass is 9.97. The number of carbonyl (C=O) groups excluding carboxylic acids is 1. The second-order valence-electron chi connectivity index (χ2n) is 8.16. The summed E-state index contributed by atoms with van der Waals surface area (Å²) in [7, 11) is 1.69. The number of piperidine rings is 1. The number of imidazole rings is 1. The molecule has 3 rings (SSSR count). The maximum Gasteiger partial charge on any atom is 0.224 e. The lowest BCUT2D eigenvalue weighted by molar-refractivity contribution is -0.125. The molecule has 2 heterocycles. The third-order valence-corrected chi connectivity index (χ3v) is 5.46.